The maximum Gasteiger partial charge on any atom is 0.0747 e. The first kappa shape index (κ1) is 29.8. The number of hydrogen-bond donors (Lipinski definition) is 1. The maximum atomic E-state index is 3.89. The van der Waals surface area contributed by atoms with Gasteiger partial charge in [-0.3, -0.25) is 0 Å². The zero-order valence-corrected chi connectivity index (χ0v) is 29.3. The standard InChI is InChI=1S/C50H35N3/c1-50(35-17-7-3-8-18-35)42-31-29-40-38-21-11-13-23-43(38)51-47(40)49(42)53(36-19-9-4-10-20-36)45-32-30-41-39-22-12-14-24-44(39)52(48(41)46(45)50)37-27-25-34(26-28-37)33-15-5-2-6-16-33/h2-32,51H,1H3. The van der Waals surface area contributed by atoms with Crippen LogP contribution in [0.2, 0.25) is 0 Å². The number of fused-ring (bicyclic) bond motifs is 10. The zero-order valence-electron chi connectivity index (χ0n) is 29.3. The number of anilines is 3. The molecule has 8 aromatic carbocycles. The Morgan fingerprint density at radius 2 is 1.09 bits per heavy atom. The van der Waals surface area contributed by atoms with Crippen LogP contribution in [0.25, 0.3) is 60.4 Å². The number of nitrogens with one attached hydrogen (secondary N) is 1. The molecule has 0 fully saturated rings. The minimum Gasteiger partial charge on any atom is -0.353 e. The Morgan fingerprint density at radius 3 is 1.87 bits per heavy atom. The van der Waals surface area contributed by atoms with Crippen molar-refractivity contribution in [3.8, 4) is 16.8 Å². The largest absolute Gasteiger partial charge is 0.353 e. The smallest absolute Gasteiger partial charge is 0.0747 e. The van der Waals surface area contributed by atoms with Crippen molar-refractivity contribution in [2.24, 2.45) is 0 Å². The Bertz CT molecular complexity index is 2990. The van der Waals surface area contributed by atoms with Gasteiger partial charge in [0.2, 0.25) is 0 Å². The van der Waals surface area contributed by atoms with Crippen LogP contribution in [0, 0.1) is 0 Å². The third kappa shape index (κ3) is 4.22. The van der Waals surface area contributed by atoms with Crippen molar-refractivity contribution in [1.82, 2.24) is 9.55 Å². The summed E-state index contributed by atoms with van der Waals surface area (Å²) in [6.07, 6.45) is 0. The average molecular weight is 678 g/mol. The summed E-state index contributed by atoms with van der Waals surface area (Å²) < 4.78 is 2.51. The SMILES string of the molecule is CC1(c2ccccc2)c2ccc3c([nH]c4ccccc43)c2N(c2ccccc2)c2ccc3c4ccccc4n(-c4ccc(-c5ccccc5)cc4)c3c21. The van der Waals surface area contributed by atoms with Gasteiger partial charge in [-0.25, -0.2) is 0 Å². The van der Waals surface area contributed by atoms with Crippen LogP contribution >= 0.6 is 0 Å². The Kier molecular flexibility index (Phi) is 6.38. The van der Waals surface area contributed by atoms with Crippen molar-refractivity contribution in [2.45, 2.75) is 12.3 Å². The van der Waals surface area contributed by atoms with Gasteiger partial charge in [0.05, 0.1) is 27.9 Å². The van der Waals surface area contributed by atoms with Gasteiger partial charge in [-0.1, -0.05) is 146 Å². The van der Waals surface area contributed by atoms with Gasteiger partial charge in [0.1, 0.15) is 0 Å². The second kappa shape index (κ2) is 11.3. The lowest BCUT2D eigenvalue weighted by Crippen LogP contribution is -2.35. The zero-order chi connectivity index (χ0) is 35.1. The van der Waals surface area contributed by atoms with Crippen LogP contribution in [0.3, 0.4) is 0 Å². The predicted molar refractivity (Wildman–Crippen MR) is 222 cm³/mol. The molecular weight excluding hydrogens is 643 g/mol. The monoisotopic (exact) mass is 677 g/mol. The van der Waals surface area contributed by atoms with E-state index in [4.69, 9.17) is 0 Å². The molecule has 0 spiro atoms. The van der Waals surface area contributed by atoms with E-state index in [-0.39, 0.29) is 0 Å². The molecule has 0 amide bonds. The summed E-state index contributed by atoms with van der Waals surface area (Å²) in [5.74, 6) is 0. The molecule has 10 aromatic rings. The molecule has 0 radical (unpaired) electrons. The molecule has 3 heteroatoms. The van der Waals surface area contributed by atoms with Crippen LogP contribution in [-0.2, 0) is 5.41 Å². The maximum absolute atomic E-state index is 3.89. The number of para-hydroxylation sites is 3. The Hall–Kier alpha value is -6.84. The second-order valence-corrected chi connectivity index (χ2v) is 14.3. The molecule has 250 valence electrons. The lowest BCUT2D eigenvalue weighted by Gasteiger charge is -2.45. The van der Waals surface area contributed by atoms with Gasteiger partial charge in [0, 0.05) is 49.4 Å². The molecule has 53 heavy (non-hydrogen) atoms. The fourth-order valence-electron chi connectivity index (χ4n) is 9.14. The molecule has 1 unspecified atom stereocenters. The van der Waals surface area contributed by atoms with Crippen molar-refractivity contribution >= 4 is 60.7 Å². The average Bonchev–Trinajstić information content (AvgIpc) is 3.78. The molecule has 0 bridgehead atoms. The predicted octanol–water partition coefficient (Wildman–Crippen LogP) is 13.2. The highest BCUT2D eigenvalue weighted by Gasteiger charge is 2.45. The van der Waals surface area contributed by atoms with Gasteiger partial charge in [-0.2, -0.15) is 0 Å². The summed E-state index contributed by atoms with van der Waals surface area (Å²) in [4.78, 5) is 6.40. The van der Waals surface area contributed by atoms with Gasteiger partial charge in [0.15, 0.2) is 0 Å². The topological polar surface area (TPSA) is 24.0 Å². The fourth-order valence-corrected chi connectivity index (χ4v) is 9.14. The molecule has 3 nitrogen and oxygen atoms in total. The second-order valence-electron chi connectivity index (χ2n) is 14.3. The molecule has 1 N–H and O–H groups in total. The van der Waals surface area contributed by atoms with Crippen LogP contribution in [0.5, 0.6) is 0 Å². The van der Waals surface area contributed by atoms with Gasteiger partial charge in [0.25, 0.3) is 0 Å². The lowest BCUT2D eigenvalue weighted by atomic mass is 9.66. The van der Waals surface area contributed by atoms with E-state index in [0.717, 1.165) is 22.4 Å². The van der Waals surface area contributed by atoms with Crippen LogP contribution in [0.15, 0.2) is 188 Å². The molecule has 0 saturated heterocycles. The minimum atomic E-state index is -0.516. The first-order valence-electron chi connectivity index (χ1n) is 18.4. The lowest BCUT2D eigenvalue weighted by molar-refractivity contribution is 0.686. The molecule has 0 saturated carbocycles. The normalized spacial score (nSPS) is 15.3. The minimum absolute atomic E-state index is 0.516. The Morgan fingerprint density at radius 1 is 0.472 bits per heavy atom. The molecule has 1 aliphatic heterocycles. The van der Waals surface area contributed by atoms with E-state index in [2.05, 4.69) is 209 Å². The highest BCUT2D eigenvalue weighted by atomic mass is 15.2. The van der Waals surface area contributed by atoms with Gasteiger partial charge in [-0.05, 0) is 71.6 Å². The molecule has 1 aliphatic rings. The molecule has 2 aromatic heterocycles. The summed E-state index contributed by atoms with van der Waals surface area (Å²) in [7, 11) is 0. The molecule has 3 heterocycles. The Balaban J connectivity index is 1.30. The van der Waals surface area contributed by atoms with E-state index in [1.165, 1.54) is 71.8 Å². The third-order valence-corrected chi connectivity index (χ3v) is 11.6. The third-order valence-electron chi connectivity index (χ3n) is 11.6. The number of hydrogen-bond acceptors (Lipinski definition) is 1. The number of benzene rings is 8. The Labute approximate surface area is 308 Å². The number of nitrogens with zero attached hydrogens (tertiary/aromatic N) is 2. The summed E-state index contributed by atoms with van der Waals surface area (Å²) in [6, 6.07) is 68.7. The van der Waals surface area contributed by atoms with Crippen molar-refractivity contribution in [2.75, 3.05) is 4.90 Å². The first-order valence-corrected chi connectivity index (χ1v) is 18.4. The van der Waals surface area contributed by atoms with E-state index in [1.807, 2.05) is 0 Å². The molecule has 11 rings (SSSR count). The van der Waals surface area contributed by atoms with Gasteiger partial charge >= 0.3 is 0 Å². The van der Waals surface area contributed by atoms with E-state index >= 15 is 0 Å². The number of aromatic amines is 1. The van der Waals surface area contributed by atoms with E-state index in [1.54, 1.807) is 0 Å². The van der Waals surface area contributed by atoms with Crippen molar-refractivity contribution in [3.63, 3.8) is 0 Å². The van der Waals surface area contributed by atoms with E-state index < -0.39 is 5.41 Å². The first-order chi connectivity index (χ1) is 26.2. The van der Waals surface area contributed by atoms with E-state index in [0.29, 0.717) is 0 Å². The summed E-state index contributed by atoms with van der Waals surface area (Å²) in [5.41, 5.74) is 15.1. The van der Waals surface area contributed by atoms with Crippen molar-refractivity contribution in [1.29, 1.82) is 0 Å². The number of aromatic nitrogens is 2. The highest BCUT2D eigenvalue weighted by molar-refractivity contribution is 6.17. The van der Waals surface area contributed by atoms with Crippen LogP contribution < -0.4 is 4.90 Å². The van der Waals surface area contributed by atoms with E-state index in [9.17, 15) is 0 Å². The van der Waals surface area contributed by atoms with Crippen LogP contribution in [-0.4, -0.2) is 9.55 Å². The summed E-state index contributed by atoms with van der Waals surface area (Å²) >= 11 is 0. The number of H-pyrrole nitrogens is 1. The van der Waals surface area contributed by atoms with Crippen LogP contribution in [0.4, 0.5) is 17.1 Å². The molecule has 0 aliphatic carbocycles. The number of rotatable bonds is 4. The molecule has 1 atom stereocenters. The fraction of sp³-hybridized carbons (Fsp3) is 0.0400. The summed E-state index contributed by atoms with van der Waals surface area (Å²) in [6.45, 7) is 2.44. The van der Waals surface area contributed by atoms with Crippen molar-refractivity contribution in [3.05, 3.63) is 205 Å². The van der Waals surface area contributed by atoms with Gasteiger partial charge in [-0.15, -0.1) is 0 Å². The van der Waals surface area contributed by atoms with Gasteiger partial charge < -0.3 is 14.5 Å². The molecular formula is C50H35N3. The highest BCUT2D eigenvalue weighted by Crippen LogP contribution is 2.59. The summed E-state index contributed by atoms with van der Waals surface area (Å²) in [5, 5.41) is 4.96. The van der Waals surface area contributed by atoms with Crippen molar-refractivity contribution < 1.29 is 0 Å². The quantitative estimate of drug-likeness (QED) is 0.197. The van der Waals surface area contributed by atoms with Crippen LogP contribution in [0.1, 0.15) is 23.6 Å².